The van der Waals surface area contributed by atoms with E-state index in [2.05, 4.69) is 15.5 Å². The van der Waals surface area contributed by atoms with Gasteiger partial charge in [0.2, 0.25) is 5.69 Å². The molecule has 0 aliphatic rings. The molecule has 1 aromatic carbocycles. The number of nitrogens with one attached hydrogen (secondary N) is 1. The van der Waals surface area contributed by atoms with Crippen LogP contribution in [-0.4, -0.2) is 30.4 Å². The quantitative estimate of drug-likeness (QED) is 0.542. The second-order valence-corrected chi connectivity index (χ2v) is 5.72. The first-order chi connectivity index (χ1) is 12.4. The van der Waals surface area contributed by atoms with Crippen molar-refractivity contribution >= 4 is 29.0 Å². The molecule has 26 heavy (non-hydrogen) atoms. The number of nitro groups is 1. The molecule has 0 aliphatic carbocycles. The van der Waals surface area contributed by atoms with Gasteiger partial charge >= 0.3 is 5.69 Å². The molecule has 0 saturated heterocycles. The summed E-state index contributed by atoms with van der Waals surface area (Å²) in [6.45, 7) is 0.0627. The lowest BCUT2D eigenvalue weighted by Crippen LogP contribution is -2.18. The van der Waals surface area contributed by atoms with Crippen LogP contribution >= 0.6 is 11.6 Å². The Morgan fingerprint density at radius 2 is 2.19 bits per heavy atom. The van der Waals surface area contributed by atoms with Gasteiger partial charge in [0.25, 0.3) is 5.91 Å². The second-order valence-electron chi connectivity index (χ2n) is 5.31. The molecule has 0 atom stereocenters. The van der Waals surface area contributed by atoms with E-state index in [0.29, 0.717) is 0 Å². The minimum atomic E-state index is -0.731. The van der Waals surface area contributed by atoms with Crippen LogP contribution in [0.1, 0.15) is 16.1 Å². The van der Waals surface area contributed by atoms with Gasteiger partial charge in [-0.25, -0.2) is 4.39 Å². The zero-order valence-corrected chi connectivity index (χ0v) is 14.1. The Hall–Kier alpha value is -3.27. The summed E-state index contributed by atoms with van der Waals surface area (Å²) in [4.78, 5) is 22.6. The van der Waals surface area contributed by atoms with Gasteiger partial charge in [-0.2, -0.15) is 10.2 Å². The summed E-state index contributed by atoms with van der Waals surface area (Å²) >= 11 is 5.98. The maximum atomic E-state index is 13.8. The summed E-state index contributed by atoms with van der Waals surface area (Å²) in [5.74, 6) is -1.05. The minimum Gasteiger partial charge on any atom is -0.304 e. The molecule has 3 aromatic rings. The van der Waals surface area contributed by atoms with E-state index in [1.807, 2.05) is 0 Å². The first kappa shape index (κ1) is 17.5. The number of hydrogen-bond donors (Lipinski definition) is 1. The number of aryl methyl sites for hydroxylation is 1. The van der Waals surface area contributed by atoms with E-state index in [-0.39, 0.29) is 28.6 Å². The molecule has 0 unspecified atom stereocenters. The molecular weight excluding hydrogens is 367 g/mol. The highest BCUT2D eigenvalue weighted by Crippen LogP contribution is 2.21. The molecule has 11 heteroatoms. The Bertz CT molecular complexity index is 979. The van der Waals surface area contributed by atoms with Crippen LogP contribution in [0.4, 0.5) is 15.9 Å². The third-order valence-corrected chi connectivity index (χ3v) is 3.95. The predicted octanol–water partition coefficient (Wildman–Crippen LogP) is 2.62. The van der Waals surface area contributed by atoms with Gasteiger partial charge in [0, 0.05) is 29.9 Å². The number of benzene rings is 1. The summed E-state index contributed by atoms with van der Waals surface area (Å²) in [6, 6.07) is 5.83. The van der Waals surface area contributed by atoms with Crippen LogP contribution in [0.5, 0.6) is 0 Å². The summed E-state index contributed by atoms with van der Waals surface area (Å²) in [5, 5.41) is 21.5. The SMILES string of the molecule is Cn1ncc([N+](=O)[O-])c1C(=O)Nc1ccn(Cc2c(F)cccc2Cl)n1. The lowest BCUT2D eigenvalue weighted by Gasteiger charge is -2.06. The van der Waals surface area contributed by atoms with E-state index in [1.54, 1.807) is 6.07 Å². The van der Waals surface area contributed by atoms with Crippen molar-refractivity contribution in [2.75, 3.05) is 5.32 Å². The van der Waals surface area contributed by atoms with E-state index in [0.717, 1.165) is 10.9 Å². The lowest BCUT2D eigenvalue weighted by atomic mass is 10.2. The van der Waals surface area contributed by atoms with Gasteiger partial charge in [0.05, 0.1) is 11.5 Å². The number of nitrogens with zero attached hydrogens (tertiary/aromatic N) is 5. The van der Waals surface area contributed by atoms with Crippen molar-refractivity contribution in [2.24, 2.45) is 7.05 Å². The Morgan fingerprint density at radius 3 is 2.88 bits per heavy atom. The summed E-state index contributed by atoms with van der Waals surface area (Å²) in [6.07, 6.45) is 2.52. The van der Waals surface area contributed by atoms with Crippen molar-refractivity contribution < 1.29 is 14.1 Å². The highest BCUT2D eigenvalue weighted by atomic mass is 35.5. The van der Waals surface area contributed by atoms with Crippen molar-refractivity contribution in [3.8, 4) is 0 Å². The van der Waals surface area contributed by atoms with E-state index >= 15 is 0 Å². The number of aromatic nitrogens is 4. The number of halogens is 2. The van der Waals surface area contributed by atoms with Crippen LogP contribution in [-0.2, 0) is 13.6 Å². The Morgan fingerprint density at radius 1 is 1.42 bits per heavy atom. The van der Waals surface area contributed by atoms with Gasteiger partial charge in [0.1, 0.15) is 12.0 Å². The molecule has 3 rings (SSSR count). The van der Waals surface area contributed by atoms with Crippen LogP contribution in [0.2, 0.25) is 5.02 Å². The van der Waals surface area contributed by atoms with Crippen LogP contribution in [0.3, 0.4) is 0 Å². The topological polar surface area (TPSA) is 108 Å². The number of carbonyl (C=O) groups is 1. The highest BCUT2D eigenvalue weighted by Gasteiger charge is 2.26. The molecule has 0 spiro atoms. The van der Waals surface area contributed by atoms with Gasteiger partial charge in [-0.1, -0.05) is 17.7 Å². The summed E-state index contributed by atoms with van der Waals surface area (Å²) < 4.78 is 16.3. The van der Waals surface area contributed by atoms with Crippen LogP contribution in [0.25, 0.3) is 0 Å². The third kappa shape index (κ3) is 3.40. The largest absolute Gasteiger partial charge is 0.320 e. The molecule has 0 saturated carbocycles. The second kappa shape index (κ2) is 6.92. The van der Waals surface area contributed by atoms with Gasteiger partial charge in [-0.3, -0.25) is 24.3 Å². The fourth-order valence-electron chi connectivity index (χ4n) is 2.36. The molecule has 0 aliphatic heterocycles. The number of rotatable bonds is 5. The van der Waals surface area contributed by atoms with Crippen LogP contribution < -0.4 is 5.32 Å². The fourth-order valence-corrected chi connectivity index (χ4v) is 2.58. The standard InChI is InChI=1S/C15H12ClFN6O3/c1-21-14(12(7-18-21)23(25)26)15(24)19-13-5-6-22(20-13)8-9-10(16)3-2-4-11(9)17/h2-7H,8H2,1H3,(H,19,20,24). The fraction of sp³-hybridized carbons (Fsp3) is 0.133. The lowest BCUT2D eigenvalue weighted by molar-refractivity contribution is -0.385. The monoisotopic (exact) mass is 378 g/mol. The van der Waals surface area contributed by atoms with Crippen LogP contribution in [0, 0.1) is 15.9 Å². The number of carbonyl (C=O) groups excluding carboxylic acids is 1. The molecule has 2 heterocycles. The number of anilines is 1. The van der Waals surface area contributed by atoms with Gasteiger partial charge in [-0.05, 0) is 12.1 Å². The molecular formula is C15H12ClFN6O3. The van der Waals surface area contributed by atoms with Gasteiger partial charge in [-0.15, -0.1) is 0 Å². The van der Waals surface area contributed by atoms with Gasteiger partial charge < -0.3 is 5.32 Å². The molecule has 2 aromatic heterocycles. The molecule has 0 fully saturated rings. The Kier molecular flexibility index (Phi) is 4.67. The maximum Gasteiger partial charge on any atom is 0.320 e. The molecule has 134 valence electrons. The maximum absolute atomic E-state index is 13.8. The molecule has 1 N–H and O–H groups in total. The molecule has 0 bridgehead atoms. The average Bonchev–Trinajstić information content (AvgIpc) is 3.17. The van der Waals surface area contributed by atoms with Gasteiger partial charge in [0.15, 0.2) is 5.82 Å². The Balaban J connectivity index is 1.78. The average molecular weight is 379 g/mol. The highest BCUT2D eigenvalue weighted by molar-refractivity contribution is 6.31. The molecule has 0 radical (unpaired) electrons. The van der Waals surface area contributed by atoms with E-state index in [9.17, 15) is 19.3 Å². The first-order valence-electron chi connectivity index (χ1n) is 7.31. The van der Waals surface area contributed by atoms with Crippen molar-refractivity contribution in [3.63, 3.8) is 0 Å². The zero-order chi connectivity index (χ0) is 18.8. The van der Waals surface area contributed by atoms with E-state index < -0.39 is 22.3 Å². The normalized spacial score (nSPS) is 10.7. The predicted molar refractivity (Wildman–Crippen MR) is 90.6 cm³/mol. The van der Waals surface area contributed by atoms with Crippen molar-refractivity contribution in [1.82, 2.24) is 19.6 Å². The van der Waals surface area contributed by atoms with Crippen molar-refractivity contribution in [1.29, 1.82) is 0 Å². The minimum absolute atomic E-state index is 0.0627. The first-order valence-corrected chi connectivity index (χ1v) is 7.68. The summed E-state index contributed by atoms with van der Waals surface area (Å²) in [7, 11) is 1.42. The smallest absolute Gasteiger partial charge is 0.304 e. The summed E-state index contributed by atoms with van der Waals surface area (Å²) in [5.41, 5.74) is -0.360. The van der Waals surface area contributed by atoms with E-state index in [4.69, 9.17) is 11.6 Å². The number of amides is 1. The molecule has 1 amide bonds. The van der Waals surface area contributed by atoms with Crippen molar-refractivity contribution in [3.05, 3.63) is 68.9 Å². The number of hydrogen-bond acceptors (Lipinski definition) is 5. The Labute approximate surface area is 151 Å². The van der Waals surface area contributed by atoms with E-state index in [1.165, 1.54) is 36.1 Å². The molecule has 9 nitrogen and oxygen atoms in total. The third-order valence-electron chi connectivity index (χ3n) is 3.60. The van der Waals surface area contributed by atoms with Crippen LogP contribution in [0.15, 0.2) is 36.7 Å². The zero-order valence-electron chi connectivity index (χ0n) is 13.4. The van der Waals surface area contributed by atoms with Crippen molar-refractivity contribution in [2.45, 2.75) is 6.54 Å².